The van der Waals surface area contributed by atoms with E-state index in [1.807, 2.05) is 6.07 Å². The monoisotopic (exact) mass is 265 g/mol. The number of furan rings is 1. The van der Waals surface area contributed by atoms with E-state index in [1.165, 1.54) is 18.4 Å². The largest absolute Gasteiger partial charge is 0.467 e. The highest BCUT2D eigenvalue weighted by atomic mass is 16.3. The Balaban J connectivity index is 1.58. The average molecular weight is 265 g/mol. The maximum Gasteiger partial charge on any atom is 0.125 e. The Kier molecular flexibility index (Phi) is 2.96. The number of rotatable bonds is 4. The molecule has 2 nitrogen and oxygen atoms in total. The molecule has 1 saturated carbocycles. The first-order chi connectivity index (χ1) is 9.92. The van der Waals surface area contributed by atoms with Gasteiger partial charge in [0.25, 0.3) is 0 Å². The van der Waals surface area contributed by atoms with E-state index >= 15 is 0 Å². The summed E-state index contributed by atoms with van der Waals surface area (Å²) >= 11 is 0. The van der Waals surface area contributed by atoms with Crippen LogP contribution in [-0.4, -0.2) is 6.04 Å². The molecule has 2 aliphatic carbocycles. The van der Waals surface area contributed by atoms with E-state index in [2.05, 4.69) is 53.9 Å². The van der Waals surface area contributed by atoms with Gasteiger partial charge in [0.2, 0.25) is 0 Å². The lowest BCUT2D eigenvalue weighted by molar-refractivity contribution is 0.151. The van der Waals surface area contributed by atoms with Crippen LogP contribution in [0, 0.1) is 11.8 Å². The number of benzene rings is 1. The molecular weight excluding hydrogens is 246 g/mol. The van der Waals surface area contributed by atoms with Gasteiger partial charge in [-0.25, -0.2) is 0 Å². The van der Waals surface area contributed by atoms with Crippen molar-refractivity contribution >= 4 is 0 Å². The lowest BCUT2D eigenvalue weighted by Crippen LogP contribution is -2.49. The van der Waals surface area contributed by atoms with Crippen LogP contribution in [0.5, 0.6) is 0 Å². The molecule has 1 N–H and O–H groups in total. The molecule has 1 heterocycles. The fraction of sp³-hybridized carbons (Fsp3) is 0.333. The minimum atomic E-state index is 0.158. The number of fused-ring (bicyclic) bond motifs is 1. The van der Waals surface area contributed by atoms with Crippen molar-refractivity contribution in [2.24, 2.45) is 11.8 Å². The molecule has 4 atom stereocenters. The summed E-state index contributed by atoms with van der Waals surface area (Å²) in [6, 6.07) is 15.3. The molecule has 20 heavy (non-hydrogen) atoms. The Hall–Kier alpha value is -1.80. The second kappa shape index (κ2) is 4.95. The molecule has 2 aliphatic rings. The summed E-state index contributed by atoms with van der Waals surface area (Å²) in [6.07, 6.45) is 9.02. The summed E-state index contributed by atoms with van der Waals surface area (Å²) in [5, 5.41) is 3.80. The third kappa shape index (κ3) is 2.01. The summed E-state index contributed by atoms with van der Waals surface area (Å²) in [4.78, 5) is 0. The van der Waals surface area contributed by atoms with Crippen molar-refractivity contribution in [3.63, 3.8) is 0 Å². The number of hydrogen-bond acceptors (Lipinski definition) is 2. The predicted molar refractivity (Wildman–Crippen MR) is 79.3 cm³/mol. The van der Waals surface area contributed by atoms with Crippen molar-refractivity contribution in [1.29, 1.82) is 0 Å². The number of hydrogen-bond donors (Lipinski definition) is 1. The van der Waals surface area contributed by atoms with Gasteiger partial charge in [0.15, 0.2) is 0 Å². The minimum absolute atomic E-state index is 0.158. The topological polar surface area (TPSA) is 25.2 Å². The molecule has 1 aromatic heterocycles. The van der Waals surface area contributed by atoms with Gasteiger partial charge in [0.05, 0.1) is 12.3 Å². The number of allylic oxidation sites excluding steroid dienone is 1. The third-order valence-electron chi connectivity index (χ3n) is 4.70. The molecular formula is C18H19NO. The van der Waals surface area contributed by atoms with Gasteiger partial charge in [-0.15, -0.1) is 0 Å². The van der Waals surface area contributed by atoms with Gasteiger partial charge in [-0.3, -0.25) is 0 Å². The van der Waals surface area contributed by atoms with Gasteiger partial charge in [0, 0.05) is 6.04 Å². The zero-order valence-corrected chi connectivity index (χ0v) is 11.4. The Morgan fingerprint density at radius 3 is 2.75 bits per heavy atom. The van der Waals surface area contributed by atoms with Gasteiger partial charge >= 0.3 is 0 Å². The van der Waals surface area contributed by atoms with E-state index in [0.29, 0.717) is 6.04 Å². The van der Waals surface area contributed by atoms with Crippen LogP contribution < -0.4 is 5.32 Å². The molecule has 4 unspecified atom stereocenters. The fourth-order valence-corrected chi connectivity index (χ4v) is 3.57. The first kappa shape index (κ1) is 12.0. The first-order valence-electron chi connectivity index (χ1n) is 7.43. The Labute approximate surface area is 119 Å². The van der Waals surface area contributed by atoms with E-state index in [4.69, 9.17) is 4.42 Å². The molecule has 0 saturated heterocycles. The molecule has 2 aromatic rings. The van der Waals surface area contributed by atoms with E-state index in [1.54, 1.807) is 6.26 Å². The molecule has 0 radical (unpaired) electrons. The van der Waals surface area contributed by atoms with Gasteiger partial charge in [0.1, 0.15) is 5.76 Å². The van der Waals surface area contributed by atoms with Crippen molar-refractivity contribution < 1.29 is 4.42 Å². The molecule has 0 aliphatic heterocycles. The van der Waals surface area contributed by atoms with Crippen LogP contribution in [-0.2, 0) is 0 Å². The quantitative estimate of drug-likeness (QED) is 0.847. The standard InChI is InChI=1S/C18H19NO/c1-2-6-13(7-3-1)18(17-10-5-11-20-17)19-16-12-14-8-4-9-15(14)16/h1-7,9-11,14-16,18-19H,8,12H2. The lowest BCUT2D eigenvalue weighted by atomic mass is 9.71. The van der Waals surface area contributed by atoms with Crippen molar-refractivity contribution in [3.05, 3.63) is 72.2 Å². The molecule has 2 heteroatoms. The smallest absolute Gasteiger partial charge is 0.125 e. The summed E-state index contributed by atoms with van der Waals surface area (Å²) in [5.41, 5.74) is 1.27. The van der Waals surface area contributed by atoms with Gasteiger partial charge in [-0.1, -0.05) is 42.5 Å². The zero-order valence-electron chi connectivity index (χ0n) is 11.4. The van der Waals surface area contributed by atoms with Crippen molar-refractivity contribution in [2.45, 2.75) is 24.9 Å². The van der Waals surface area contributed by atoms with Crippen LogP contribution in [0.3, 0.4) is 0 Å². The minimum Gasteiger partial charge on any atom is -0.467 e. The van der Waals surface area contributed by atoms with E-state index in [9.17, 15) is 0 Å². The van der Waals surface area contributed by atoms with Crippen molar-refractivity contribution in [1.82, 2.24) is 5.32 Å². The summed E-state index contributed by atoms with van der Waals surface area (Å²) in [5.74, 6) is 2.60. The first-order valence-corrected chi connectivity index (χ1v) is 7.43. The molecule has 1 fully saturated rings. The second-order valence-electron chi connectivity index (χ2n) is 5.87. The van der Waals surface area contributed by atoms with Crippen LogP contribution in [0.4, 0.5) is 0 Å². The Morgan fingerprint density at radius 2 is 2.00 bits per heavy atom. The van der Waals surface area contributed by atoms with E-state index in [-0.39, 0.29) is 6.04 Å². The highest BCUT2D eigenvalue weighted by molar-refractivity contribution is 5.27. The van der Waals surface area contributed by atoms with Crippen LogP contribution in [0.15, 0.2) is 65.3 Å². The van der Waals surface area contributed by atoms with E-state index < -0.39 is 0 Å². The van der Waals surface area contributed by atoms with E-state index in [0.717, 1.165) is 17.6 Å². The van der Waals surface area contributed by atoms with Crippen LogP contribution >= 0.6 is 0 Å². The third-order valence-corrected chi connectivity index (χ3v) is 4.70. The maximum absolute atomic E-state index is 5.65. The van der Waals surface area contributed by atoms with Gasteiger partial charge in [-0.05, 0) is 42.4 Å². The SMILES string of the molecule is C1=CC2C(C1)CC2NC(c1ccccc1)c1ccco1. The Bertz CT molecular complexity index is 587. The summed E-state index contributed by atoms with van der Waals surface area (Å²) in [7, 11) is 0. The normalized spacial score (nSPS) is 28.9. The van der Waals surface area contributed by atoms with Crippen LogP contribution in [0.2, 0.25) is 0 Å². The zero-order chi connectivity index (χ0) is 13.4. The molecule has 0 bridgehead atoms. The van der Waals surface area contributed by atoms with Crippen molar-refractivity contribution in [3.8, 4) is 0 Å². The number of nitrogens with one attached hydrogen (secondary N) is 1. The Morgan fingerprint density at radius 1 is 1.10 bits per heavy atom. The molecule has 0 amide bonds. The highest BCUT2D eigenvalue weighted by Crippen LogP contribution is 2.44. The van der Waals surface area contributed by atoms with Crippen molar-refractivity contribution in [2.75, 3.05) is 0 Å². The maximum atomic E-state index is 5.65. The predicted octanol–water partition coefficient (Wildman–Crippen LogP) is 3.92. The summed E-state index contributed by atoms with van der Waals surface area (Å²) < 4.78 is 5.65. The molecule has 1 aromatic carbocycles. The second-order valence-corrected chi connectivity index (χ2v) is 5.87. The molecule has 0 spiro atoms. The highest BCUT2D eigenvalue weighted by Gasteiger charge is 2.42. The average Bonchev–Trinajstić information content (AvgIpc) is 3.11. The lowest BCUT2D eigenvalue weighted by Gasteiger charge is -2.42. The summed E-state index contributed by atoms with van der Waals surface area (Å²) in [6.45, 7) is 0. The fourth-order valence-electron chi connectivity index (χ4n) is 3.57. The molecule has 102 valence electrons. The van der Waals surface area contributed by atoms with Gasteiger partial charge in [-0.2, -0.15) is 0 Å². The van der Waals surface area contributed by atoms with Gasteiger partial charge < -0.3 is 9.73 Å². The molecule has 4 rings (SSSR count). The van der Waals surface area contributed by atoms with Crippen LogP contribution in [0.25, 0.3) is 0 Å². The van der Waals surface area contributed by atoms with Crippen LogP contribution in [0.1, 0.15) is 30.2 Å².